The molecule has 0 radical (unpaired) electrons. The Balaban J connectivity index is 1.87. The Morgan fingerprint density at radius 3 is 2.81 bits per heavy atom. The summed E-state index contributed by atoms with van der Waals surface area (Å²) >= 11 is 6.01. The third-order valence-corrected chi connectivity index (χ3v) is 3.94. The van der Waals surface area contributed by atoms with Gasteiger partial charge in [-0.25, -0.2) is 0 Å². The van der Waals surface area contributed by atoms with Gasteiger partial charge in [-0.15, -0.1) is 0 Å². The molecule has 0 unspecified atom stereocenters. The number of rotatable bonds is 4. The second kappa shape index (κ2) is 5.74. The standard InChI is InChI=1S/C16H16ClN3O/c17-14-5-1-4-13(15(14)18)16(21)20(12-6-7-12)10-11-3-2-8-19-9-11/h1-5,8-9,12H,6-7,10,18H2. The first kappa shape index (κ1) is 13.9. The minimum Gasteiger partial charge on any atom is -0.397 e. The molecule has 3 rings (SSSR count). The van der Waals surface area contributed by atoms with Crippen LogP contribution in [0.2, 0.25) is 5.02 Å². The van der Waals surface area contributed by atoms with E-state index in [4.69, 9.17) is 17.3 Å². The molecule has 1 aromatic heterocycles. The van der Waals surface area contributed by atoms with Crippen LogP contribution in [-0.4, -0.2) is 21.8 Å². The molecule has 1 aliphatic rings. The number of carbonyl (C=O) groups excluding carboxylic acids is 1. The van der Waals surface area contributed by atoms with Gasteiger partial charge in [-0.05, 0) is 36.6 Å². The van der Waals surface area contributed by atoms with Crippen LogP contribution in [0.15, 0.2) is 42.7 Å². The average Bonchev–Trinajstić information content (AvgIpc) is 3.33. The van der Waals surface area contributed by atoms with E-state index in [2.05, 4.69) is 4.98 Å². The van der Waals surface area contributed by atoms with Crippen molar-refractivity contribution >= 4 is 23.2 Å². The van der Waals surface area contributed by atoms with Gasteiger partial charge in [0.15, 0.2) is 0 Å². The van der Waals surface area contributed by atoms with Crippen LogP contribution in [0.3, 0.4) is 0 Å². The van der Waals surface area contributed by atoms with Crippen LogP contribution in [-0.2, 0) is 6.54 Å². The number of aromatic nitrogens is 1. The van der Waals surface area contributed by atoms with E-state index < -0.39 is 0 Å². The molecule has 0 spiro atoms. The van der Waals surface area contributed by atoms with Gasteiger partial charge in [0, 0.05) is 25.0 Å². The Labute approximate surface area is 128 Å². The zero-order valence-corrected chi connectivity index (χ0v) is 12.3. The van der Waals surface area contributed by atoms with Crippen LogP contribution < -0.4 is 5.73 Å². The zero-order valence-electron chi connectivity index (χ0n) is 11.5. The van der Waals surface area contributed by atoms with Crippen LogP contribution in [0.5, 0.6) is 0 Å². The average molecular weight is 302 g/mol. The Hall–Kier alpha value is -2.07. The summed E-state index contributed by atoms with van der Waals surface area (Å²) in [5.41, 5.74) is 7.77. The largest absolute Gasteiger partial charge is 0.397 e. The predicted octanol–water partition coefficient (Wildman–Crippen LogP) is 3.12. The van der Waals surface area contributed by atoms with E-state index in [9.17, 15) is 4.79 Å². The summed E-state index contributed by atoms with van der Waals surface area (Å²) in [6.45, 7) is 0.545. The highest BCUT2D eigenvalue weighted by Gasteiger charge is 2.33. The van der Waals surface area contributed by atoms with E-state index in [1.54, 1.807) is 30.6 Å². The van der Waals surface area contributed by atoms with Crippen molar-refractivity contribution in [2.24, 2.45) is 0 Å². The van der Waals surface area contributed by atoms with Gasteiger partial charge in [-0.3, -0.25) is 9.78 Å². The highest BCUT2D eigenvalue weighted by molar-refractivity contribution is 6.33. The number of pyridine rings is 1. The van der Waals surface area contributed by atoms with E-state index in [0.717, 1.165) is 18.4 Å². The minimum absolute atomic E-state index is 0.0682. The number of hydrogen-bond donors (Lipinski definition) is 1. The second-order valence-electron chi connectivity index (χ2n) is 5.23. The van der Waals surface area contributed by atoms with Crippen LogP contribution in [0.1, 0.15) is 28.8 Å². The Bertz CT molecular complexity index is 656. The summed E-state index contributed by atoms with van der Waals surface area (Å²) in [7, 11) is 0. The van der Waals surface area contributed by atoms with Crippen LogP contribution in [0.25, 0.3) is 0 Å². The van der Waals surface area contributed by atoms with E-state index in [1.807, 2.05) is 17.0 Å². The van der Waals surface area contributed by atoms with Crippen LogP contribution in [0, 0.1) is 0 Å². The third-order valence-electron chi connectivity index (χ3n) is 3.61. The molecule has 4 nitrogen and oxygen atoms in total. The first-order valence-corrected chi connectivity index (χ1v) is 7.28. The van der Waals surface area contributed by atoms with Crippen molar-refractivity contribution in [1.82, 2.24) is 9.88 Å². The molecule has 2 N–H and O–H groups in total. The molecular weight excluding hydrogens is 286 g/mol. The lowest BCUT2D eigenvalue weighted by Gasteiger charge is -2.23. The minimum atomic E-state index is -0.0682. The lowest BCUT2D eigenvalue weighted by Crippen LogP contribution is -2.33. The van der Waals surface area contributed by atoms with Crippen molar-refractivity contribution in [2.45, 2.75) is 25.4 Å². The van der Waals surface area contributed by atoms with E-state index in [0.29, 0.717) is 22.8 Å². The number of benzene rings is 1. The van der Waals surface area contributed by atoms with Gasteiger partial charge in [0.2, 0.25) is 0 Å². The van der Waals surface area contributed by atoms with E-state index in [1.165, 1.54) is 0 Å². The molecule has 0 atom stereocenters. The number of halogens is 1. The van der Waals surface area contributed by atoms with Gasteiger partial charge < -0.3 is 10.6 Å². The van der Waals surface area contributed by atoms with Crippen molar-refractivity contribution in [3.63, 3.8) is 0 Å². The second-order valence-corrected chi connectivity index (χ2v) is 5.63. The van der Waals surface area contributed by atoms with Crippen molar-refractivity contribution in [1.29, 1.82) is 0 Å². The van der Waals surface area contributed by atoms with E-state index >= 15 is 0 Å². The molecule has 5 heteroatoms. The summed E-state index contributed by atoms with van der Waals surface area (Å²) in [6, 6.07) is 9.30. The number of anilines is 1. The fourth-order valence-electron chi connectivity index (χ4n) is 2.32. The summed E-state index contributed by atoms with van der Waals surface area (Å²) in [6.07, 6.45) is 5.57. The molecule has 1 amide bonds. The van der Waals surface area contributed by atoms with Gasteiger partial charge in [-0.1, -0.05) is 23.7 Å². The lowest BCUT2D eigenvalue weighted by atomic mass is 10.1. The highest BCUT2D eigenvalue weighted by atomic mass is 35.5. The van der Waals surface area contributed by atoms with Gasteiger partial charge in [0.05, 0.1) is 16.3 Å². The van der Waals surface area contributed by atoms with Gasteiger partial charge >= 0.3 is 0 Å². The number of hydrogen-bond acceptors (Lipinski definition) is 3. The SMILES string of the molecule is Nc1c(Cl)cccc1C(=O)N(Cc1cccnc1)C1CC1. The molecule has 1 fully saturated rings. The third kappa shape index (κ3) is 3.00. The topological polar surface area (TPSA) is 59.2 Å². The Morgan fingerprint density at radius 1 is 1.33 bits per heavy atom. The van der Waals surface area contributed by atoms with Crippen molar-refractivity contribution in [3.8, 4) is 0 Å². The Morgan fingerprint density at radius 2 is 2.14 bits per heavy atom. The van der Waals surface area contributed by atoms with Crippen molar-refractivity contribution in [2.75, 3.05) is 5.73 Å². The summed E-state index contributed by atoms with van der Waals surface area (Å²) < 4.78 is 0. The molecule has 1 aliphatic carbocycles. The van der Waals surface area contributed by atoms with Crippen LogP contribution in [0.4, 0.5) is 5.69 Å². The molecule has 21 heavy (non-hydrogen) atoms. The van der Waals surface area contributed by atoms with Crippen molar-refractivity contribution < 1.29 is 4.79 Å². The molecular formula is C16H16ClN3O. The highest BCUT2D eigenvalue weighted by Crippen LogP contribution is 2.32. The fraction of sp³-hybridized carbons (Fsp3) is 0.250. The molecule has 1 heterocycles. The molecule has 0 aliphatic heterocycles. The van der Waals surface area contributed by atoms with Crippen LogP contribution >= 0.6 is 11.6 Å². The Kier molecular flexibility index (Phi) is 3.80. The molecule has 108 valence electrons. The number of carbonyl (C=O) groups is 1. The maximum Gasteiger partial charge on any atom is 0.256 e. The molecule has 2 aromatic rings. The fourth-order valence-corrected chi connectivity index (χ4v) is 2.49. The number of nitrogen functional groups attached to an aromatic ring is 1. The molecule has 1 aromatic carbocycles. The monoisotopic (exact) mass is 301 g/mol. The van der Waals surface area contributed by atoms with Gasteiger partial charge in [0.1, 0.15) is 0 Å². The molecule has 0 saturated heterocycles. The predicted molar refractivity (Wildman–Crippen MR) is 83.0 cm³/mol. The lowest BCUT2D eigenvalue weighted by molar-refractivity contribution is 0.0731. The number of amides is 1. The van der Waals surface area contributed by atoms with Gasteiger partial charge in [0.25, 0.3) is 5.91 Å². The normalized spacial score (nSPS) is 14.0. The molecule has 0 bridgehead atoms. The van der Waals surface area contributed by atoms with Gasteiger partial charge in [-0.2, -0.15) is 0 Å². The smallest absolute Gasteiger partial charge is 0.256 e. The zero-order chi connectivity index (χ0) is 14.8. The number of para-hydroxylation sites is 1. The first-order chi connectivity index (χ1) is 10.2. The van der Waals surface area contributed by atoms with E-state index in [-0.39, 0.29) is 11.9 Å². The van der Waals surface area contributed by atoms with Crippen molar-refractivity contribution in [3.05, 3.63) is 58.9 Å². The quantitative estimate of drug-likeness (QED) is 0.883. The molecule has 1 saturated carbocycles. The first-order valence-electron chi connectivity index (χ1n) is 6.90. The summed E-state index contributed by atoms with van der Waals surface area (Å²) in [5, 5.41) is 0.415. The maximum absolute atomic E-state index is 12.8. The number of nitrogens with two attached hydrogens (primary N) is 1. The number of nitrogens with zero attached hydrogens (tertiary/aromatic N) is 2. The summed E-state index contributed by atoms with van der Waals surface area (Å²) in [4.78, 5) is 18.7. The maximum atomic E-state index is 12.8. The summed E-state index contributed by atoms with van der Waals surface area (Å²) in [5.74, 6) is -0.0682.